The maximum atomic E-state index is 12.4. The van der Waals surface area contributed by atoms with Crippen molar-refractivity contribution in [3.63, 3.8) is 0 Å². The second-order valence-electron chi connectivity index (χ2n) is 5.90. The first kappa shape index (κ1) is 19.4. The SMILES string of the molecule is C[C@H](c1cccc([N+](=O)[O-])c1)N(C)CC(=O)N(C)Cc1ccc(Cl)s1. The van der Waals surface area contributed by atoms with Crippen molar-refractivity contribution >= 4 is 34.5 Å². The Hall–Kier alpha value is -1.96. The Morgan fingerprint density at radius 3 is 2.64 bits per heavy atom. The van der Waals surface area contributed by atoms with Crippen LogP contribution in [0.5, 0.6) is 0 Å². The van der Waals surface area contributed by atoms with Crippen molar-refractivity contribution in [3.8, 4) is 0 Å². The highest BCUT2D eigenvalue weighted by Gasteiger charge is 2.19. The zero-order valence-electron chi connectivity index (χ0n) is 14.3. The maximum absolute atomic E-state index is 12.4. The molecular formula is C17H20ClN3O3S. The lowest BCUT2D eigenvalue weighted by atomic mass is 10.1. The first-order valence-electron chi connectivity index (χ1n) is 7.70. The van der Waals surface area contributed by atoms with Crippen LogP contribution in [0.15, 0.2) is 36.4 Å². The predicted molar refractivity (Wildman–Crippen MR) is 99.9 cm³/mol. The monoisotopic (exact) mass is 381 g/mol. The minimum absolute atomic E-state index is 0.0238. The van der Waals surface area contributed by atoms with Crippen molar-refractivity contribution in [2.45, 2.75) is 19.5 Å². The van der Waals surface area contributed by atoms with Crippen LogP contribution in [0.2, 0.25) is 4.34 Å². The highest BCUT2D eigenvalue weighted by Crippen LogP contribution is 2.24. The molecule has 134 valence electrons. The first-order chi connectivity index (χ1) is 11.8. The van der Waals surface area contributed by atoms with Crippen LogP contribution >= 0.6 is 22.9 Å². The van der Waals surface area contributed by atoms with Crippen LogP contribution in [0.1, 0.15) is 23.4 Å². The average molecular weight is 382 g/mol. The van der Waals surface area contributed by atoms with Crippen molar-refractivity contribution in [2.24, 2.45) is 0 Å². The van der Waals surface area contributed by atoms with E-state index in [1.165, 1.54) is 17.4 Å². The summed E-state index contributed by atoms with van der Waals surface area (Å²) in [7, 11) is 3.58. The van der Waals surface area contributed by atoms with Gasteiger partial charge in [0.25, 0.3) is 5.69 Å². The van der Waals surface area contributed by atoms with Crippen molar-refractivity contribution in [2.75, 3.05) is 20.6 Å². The normalized spacial score (nSPS) is 12.2. The number of amides is 1. The lowest BCUT2D eigenvalue weighted by Crippen LogP contribution is -2.37. The fourth-order valence-corrected chi connectivity index (χ4v) is 3.52. The standard InChI is InChI=1S/C17H20ClN3O3S/c1-12(13-5-4-6-14(9-13)21(23)24)19(2)11-17(22)20(3)10-15-7-8-16(18)25-15/h4-9,12H,10-11H2,1-3H3/t12-/m1/s1. The van der Waals surface area contributed by atoms with Crippen LogP contribution in [0.4, 0.5) is 5.69 Å². The Kier molecular flexibility index (Phi) is 6.52. The summed E-state index contributed by atoms with van der Waals surface area (Å²) in [4.78, 5) is 27.5. The van der Waals surface area contributed by atoms with E-state index in [9.17, 15) is 14.9 Å². The molecule has 6 nitrogen and oxygen atoms in total. The average Bonchev–Trinajstić information content (AvgIpc) is 2.98. The van der Waals surface area contributed by atoms with Gasteiger partial charge in [0.2, 0.25) is 5.91 Å². The molecule has 1 amide bonds. The van der Waals surface area contributed by atoms with Gasteiger partial charge >= 0.3 is 0 Å². The molecule has 0 saturated heterocycles. The number of carbonyl (C=O) groups is 1. The molecule has 1 aromatic carbocycles. The van der Waals surface area contributed by atoms with E-state index in [4.69, 9.17) is 11.6 Å². The Labute approximate surface area is 155 Å². The van der Waals surface area contributed by atoms with Gasteiger partial charge in [-0.3, -0.25) is 19.8 Å². The summed E-state index contributed by atoms with van der Waals surface area (Å²) in [6.07, 6.45) is 0. The van der Waals surface area contributed by atoms with Crippen LogP contribution in [-0.2, 0) is 11.3 Å². The molecule has 25 heavy (non-hydrogen) atoms. The quantitative estimate of drug-likeness (QED) is 0.537. The van der Waals surface area contributed by atoms with Gasteiger partial charge < -0.3 is 4.90 Å². The zero-order chi connectivity index (χ0) is 18.6. The molecule has 1 aromatic heterocycles. The Bertz CT molecular complexity index is 765. The minimum Gasteiger partial charge on any atom is -0.340 e. The molecule has 2 rings (SSSR count). The van der Waals surface area contributed by atoms with Crippen LogP contribution < -0.4 is 0 Å². The molecule has 1 atom stereocenters. The molecule has 0 aliphatic rings. The van der Waals surface area contributed by atoms with E-state index < -0.39 is 4.92 Å². The van der Waals surface area contributed by atoms with Gasteiger partial charge in [0.05, 0.1) is 22.3 Å². The molecular weight excluding hydrogens is 362 g/mol. The number of non-ortho nitro benzene ring substituents is 1. The van der Waals surface area contributed by atoms with E-state index >= 15 is 0 Å². The maximum Gasteiger partial charge on any atom is 0.269 e. The number of rotatable bonds is 7. The van der Waals surface area contributed by atoms with Crippen molar-refractivity contribution in [3.05, 3.63) is 61.3 Å². The van der Waals surface area contributed by atoms with Gasteiger partial charge in [-0.05, 0) is 31.7 Å². The number of nitro benzene ring substituents is 1. The lowest BCUT2D eigenvalue weighted by Gasteiger charge is -2.26. The molecule has 1 heterocycles. The summed E-state index contributed by atoms with van der Waals surface area (Å²) in [5.74, 6) is -0.0238. The largest absolute Gasteiger partial charge is 0.340 e. The van der Waals surface area contributed by atoms with Gasteiger partial charge in [0.1, 0.15) is 0 Å². The van der Waals surface area contributed by atoms with E-state index in [-0.39, 0.29) is 24.2 Å². The summed E-state index contributed by atoms with van der Waals surface area (Å²) in [5.41, 5.74) is 0.855. The zero-order valence-corrected chi connectivity index (χ0v) is 15.9. The highest BCUT2D eigenvalue weighted by atomic mass is 35.5. The number of hydrogen-bond acceptors (Lipinski definition) is 5. The van der Waals surface area contributed by atoms with E-state index in [2.05, 4.69) is 0 Å². The lowest BCUT2D eigenvalue weighted by molar-refractivity contribution is -0.384. The number of nitrogens with zero attached hydrogens (tertiary/aromatic N) is 3. The molecule has 0 unspecified atom stereocenters. The molecule has 0 spiro atoms. The van der Waals surface area contributed by atoms with E-state index in [0.717, 1.165) is 10.4 Å². The third-order valence-electron chi connectivity index (χ3n) is 4.06. The minimum atomic E-state index is -0.415. The predicted octanol–water partition coefficient (Wildman–Crippen LogP) is 3.96. The third kappa shape index (κ3) is 5.26. The van der Waals surface area contributed by atoms with E-state index in [1.54, 1.807) is 24.1 Å². The number of thiophene rings is 1. The molecule has 0 aliphatic carbocycles. The van der Waals surface area contributed by atoms with Crippen LogP contribution in [0, 0.1) is 10.1 Å². The second-order valence-corrected chi connectivity index (χ2v) is 7.70. The number of hydrogen-bond donors (Lipinski definition) is 0. The fraction of sp³-hybridized carbons (Fsp3) is 0.353. The third-order valence-corrected chi connectivity index (χ3v) is 5.27. The van der Waals surface area contributed by atoms with Crippen LogP contribution in [0.25, 0.3) is 0 Å². The summed E-state index contributed by atoms with van der Waals surface area (Å²) in [6, 6.07) is 10.1. The van der Waals surface area contributed by atoms with Gasteiger partial charge in [-0.1, -0.05) is 23.7 Å². The molecule has 0 bridgehead atoms. The fourth-order valence-electron chi connectivity index (χ4n) is 2.38. The summed E-state index contributed by atoms with van der Waals surface area (Å²) in [6.45, 7) is 2.65. The topological polar surface area (TPSA) is 66.7 Å². The molecule has 0 N–H and O–H groups in total. The molecule has 2 aromatic rings. The Morgan fingerprint density at radius 2 is 2.04 bits per heavy atom. The van der Waals surface area contributed by atoms with Crippen molar-refractivity contribution in [1.82, 2.24) is 9.80 Å². The molecule has 0 radical (unpaired) electrons. The van der Waals surface area contributed by atoms with Crippen molar-refractivity contribution in [1.29, 1.82) is 0 Å². The summed E-state index contributed by atoms with van der Waals surface area (Å²) in [5, 5.41) is 10.9. The van der Waals surface area contributed by atoms with Gasteiger partial charge in [0.15, 0.2) is 0 Å². The van der Waals surface area contributed by atoms with E-state index in [1.807, 2.05) is 37.1 Å². The smallest absolute Gasteiger partial charge is 0.269 e. The van der Waals surface area contributed by atoms with Crippen LogP contribution in [0.3, 0.4) is 0 Å². The number of halogens is 1. The second kappa shape index (κ2) is 8.42. The van der Waals surface area contributed by atoms with Gasteiger partial charge in [0, 0.05) is 30.1 Å². The Balaban J connectivity index is 1.97. The highest BCUT2D eigenvalue weighted by molar-refractivity contribution is 7.16. The van der Waals surface area contributed by atoms with Crippen molar-refractivity contribution < 1.29 is 9.72 Å². The summed E-state index contributed by atoms with van der Waals surface area (Å²) < 4.78 is 0.701. The molecule has 0 aliphatic heterocycles. The van der Waals surface area contributed by atoms with Gasteiger partial charge in [-0.25, -0.2) is 0 Å². The van der Waals surface area contributed by atoms with Crippen LogP contribution in [-0.4, -0.2) is 41.3 Å². The summed E-state index contributed by atoms with van der Waals surface area (Å²) >= 11 is 7.36. The Morgan fingerprint density at radius 1 is 1.32 bits per heavy atom. The number of nitro groups is 1. The van der Waals surface area contributed by atoms with Gasteiger partial charge in [-0.2, -0.15) is 0 Å². The molecule has 0 saturated carbocycles. The first-order valence-corrected chi connectivity index (χ1v) is 8.90. The van der Waals surface area contributed by atoms with Gasteiger partial charge in [-0.15, -0.1) is 11.3 Å². The van der Waals surface area contributed by atoms with E-state index in [0.29, 0.717) is 10.9 Å². The molecule has 0 fully saturated rings. The number of carbonyl (C=O) groups excluding carboxylic acids is 1. The number of benzene rings is 1. The molecule has 8 heteroatoms. The number of likely N-dealkylation sites (N-methyl/N-ethyl adjacent to an activating group) is 2.